The average molecular weight is 218 g/mol. The van der Waals surface area contributed by atoms with E-state index in [9.17, 15) is 9.70 Å². The zero-order valence-corrected chi connectivity index (χ0v) is 8.67. The van der Waals surface area contributed by atoms with Crippen molar-refractivity contribution in [1.82, 2.24) is 5.01 Å². The maximum atomic E-state index is 11.1. The molecule has 0 aromatic heterocycles. The minimum Gasteiger partial charge on any atom is -0.479 e. The molecule has 0 spiro atoms. The fourth-order valence-electron chi connectivity index (χ4n) is 1.79. The van der Waals surface area contributed by atoms with Crippen LogP contribution < -0.4 is 0 Å². The molecule has 1 aliphatic rings. The van der Waals surface area contributed by atoms with Gasteiger partial charge < -0.3 is 14.6 Å². The first-order chi connectivity index (χ1) is 7.10. The monoisotopic (exact) mass is 218 g/mol. The number of carboxylic acids is 1. The Bertz CT molecular complexity index is 259. The standard InChI is InChI=1S/C8H14N2O5/c1-14-6-5-10(9-13)4-3-8(6,15-2)7(11)12/h6H,3-5H2,1-2H3,(H,11,12). The molecule has 7 heteroatoms. The Balaban J connectivity index is 2.88. The number of hydrogen-bond donors (Lipinski definition) is 1. The van der Waals surface area contributed by atoms with Crippen LogP contribution >= 0.6 is 0 Å². The number of carboxylic acid groups (broad SMARTS) is 1. The van der Waals surface area contributed by atoms with Gasteiger partial charge in [0.25, 0.3) is 0 Å². The highest BCUT2D eigenvalue weighted by Crippen LogP contribution is 2.28. The van der Waals surface area contributed by atoms with Gasteiger partial charge in [0.2, 0.25) is 0 Å². The molecule has 0 aromatic rings. The second-order valence-electron chi connectivity index (χ2n) is 3.37. The lowest BCUT2D eigenvalue weighted by Gasteiger charge is -2.40. The van der Waals surface area contributed by atoms with Gasteiger partial charge in [0.1, 0.15) is 6.10 Å². The summed E-state index contributed by atoms with van der Waals surface area (Å²) in [5.74, 6) is -1.08. The highest BCUT2D eigenvalue weighted by Gasteiger charge is 2.50. The summed E-state index contributed by atoms with van der Waals surface area (Å²) >= 11 is 0. The number of carbonyl (C=O) groups is 1. The van der Waals surface area contributed by atoms with Crippen LogP contribution in [0.5, 0.6) is 0 Å². The van der Waals surface area contributed by atoms with Gasteiger partial charge in [-0.15, -0.1) is 4.91 Å². The zero-order chi connectivity index (χ0) is 11.5. The lowest BCUT2D eigenvalue weighted by atomic mass is 9.89. The summed E-state index contributed by atoms with van der Waals surface area (Å²) in [7, 11) is 2.71. The molecule has 0 amide bonds. The molecule has 1 saturated heterocycles. The van der Waals surface area contributed by atoms with Crippen molar-refractivity contribution in [2.24, 2.45) is 5.29 Å². The van der Waals surface area contributed by atoms with Crippen LogP contribution in [0.4, 0.5) is 0 Å². The number of nitroso groups, excluding NO2 is 1. The molecule has 1 rings (SSSR count). The second kappa shape index (κ2) is 4.54. The average Bonchev–Trinajstić information content (AvgIpc) is 2.27. The molecule has 0 saturated carbocycles. The fraction of sp³-hybridized carbons (Fsp3) is 0.875. The number of ether oxygens (including phenoxy) is 2. The van der Waals surface area contributed by atoms with Crippen LogP contribution in [0.15, 0.2) is 5.29 Å². The van der Waals surface area contributed by atoms with E-state index in [1.807, 2.05) is 0 Å². The van der Waals surface area contributed by atoms with E-state index in [1.54, 1.807) is 0 Å². The molecule has 2 unspecified atom stereocenters. The zero-order valence-electron chi connectivity index (χ0n) is 8.67. The highest BCUT2D eigenvalue weighted by molar-refractivity contribution is 5.78. The van der Waals surface area contributed by atoms with E-state index in [-0.39, 0.29) is 19.5 Å². The first kappa shape index (κ1) is 11.9. The summed E-state index contributed by atoms with van der Waals surface area (Å²) in [5, 5.41) is 13.1. The third-order valence-electron chi connectivity index (χ3n) is 2.76. The van der Waals surface area contributed by atoms with E-state index in [1.165, 1.54) is 19.2 Å². The van der Waals surface area contributed by atoms with Gasteiger partial charge in [-0.3, -0.25) is 5.01 Å². The number of rotatable bonds is 4. The van der Waals surface area contributed by atoms with E-state index in [2.05, 4.69) is 5.29 Å². The third kappa shape index (κ3) is 1.93. The molecule has 0 bridgehead atoms. The second-order valence-corrected chi connectivity index (χ2v) is 3.37. The number of aliphatic carboxylic acids is 1. The van der Waals surface area contributed by atoms with E-state index in [0.717, 1.165) is 0 Å². The predicted octanol–water partition coefficient (Wildman–Crippen LogP) is -0.142. The molecule has 7 nitrogen and oxygen atoms in total. The van der Waals surface area contributed by atoms with Gasteiger partial charge in [0.15, 0.2) is 5.60 Å². The Morgan fingerprint density at radius 3 is 2.67 bits per heavy atom. The number of hydrogen-bond acceptors (Lipinski definition) is 5. The van der Waals surface area contributed by atoms with E-state index < -0.39 is 17.7 Å². The van der Waals surface area contributed by atoms with E-state index >= 15 is 0 Å². The Morgan fingerprint density at radius 1 is 1.60 bits per heavy atom. The van der Waals surface area contributed by atoms with Gasteiger partial charge in [0, 0.05) is 27.2 Å². The minimum absolute atomic E-state index is 0.125. The summed E-state index contributed by atoms with van der Waals surface area (Å²) in [6.45, 7) is 0.379. The van der Waals surface area contributed by atoms with Crippen molar-refractivity contribution < 1.29 is 19.4 Å². The van der Waals surface area contributed by atoms with Gasteiger partial charge in [-0.1, -0.05) is 0 Å². The van der Waals surface area contributed by atoms with Gasteiger partial charge in [0.05, 0.1) is 11.8 Å². The first-order valence-electron chi connectivity index (χ1n) is 4.50. The molecule has 15 heavy (non-hydrogen) atoms. The molecule has 86 valence electrons. The molecule has 0 aromatic carbocycles. The predicted molar refractivity (Wildman–Crippen MR) is 50.2 cm³/mol. The molecule has 2 atom stereocenters. The van der Waals surface area contributed by atoms with Crippen LogP contribution in [-0.4, -0.2) is 55.1 Å². The van der Waals surface area contributed by atoms with Gasteiger partial charge in [-0.05, 0) is 0 Å². The van der Waals surface area contributed by atoms with Crippen molar-refractivity contribution >= 4 is 5.97 Å². The van der Waals surface area contributed by atoms with Gasteiger partial charge >= 0.3 is 5.97 Å². The summed E-state index contributed by atoms with van der Waals surface area (Å²) in [4.78, 5) is 21.5. The molecule has 0 radical (unpaired) electrons. The van der Waals surface area contributed by atoms with Crippen molar-refractivity contribution in [1.29, 1.82) is 0 Å². The van der Waals surface area contributed by atoms with Crippen molar-refractivity contribution in [2.45, 2.75) is 18.1 Å². The normalized spacial score (nSPS) is 31.3. The molecule has 0 aliphatic carbocycles. The largest absolute Gasteiger partial charge is 0.479 e. The Hall–Kier alpha value is -1.21. The number of nitrogens with zero attached hydrogens (tertiary/aromatic N) is 2. The van der Waals surface area contributed by atoms with Crippen molar-refractivity contribution in [3.8, 4) is 0 Å². The van der Waals surface area contributed by atoms with E-state index in [4.69, 9.17) is 14.6 Å². The van der Waals surface area contributed by atoms with Crippen LogP contribution in [0, 0.1) is 4.91 Å². The lowest BCUT2D eigenvalue weighted by molar-refractivity contribution is -0.192. The van der Waals surface area contributed by atoms with Crippen LogP contribution in [0.25, 0.3) is 0 Å². The van der Waals surface area contributed by atoms with Gasteiger partial charge in [-0.25, -0.2) is 4.79 Å². The first-order valence-corrected chi connectivity index (χ1v) is 4.50. The van der Waals surface area contributed by atoms with E-state index in [0.29, 0.717) is 0 Å². The summed E-state index contributed by atoms with van der Waals surface area (Å²) in [6, 6.07) is 0. The Morgan fingerprint density at radius 2 is 2.27 bits per heavy atom. The number of piperidine rings is 1. The summed E-state index contributed by atoms with van der Waals surface area (Å²) in [5.41, 5.74) is -1.38. The van der Waals surface area contributed by atoms with Crippen LogP contribution in [0.1, 0.15) is 6.42 Å². The van der Waals surface area contributed by atoms with Crippen molar-refractivity contribution in [3.63, 3.8) is 0 Å². The maximum Gasteiger partial charge on any atom is 0.338 e. The van der Waals surface area contributed by atoms with Crippen molar-refractivity contribution in [2.75, 3.05) is 27.3 Å². The lowest BCUT2D eigenvalue weighted by Crippen LogP contribution is -2.60. The molecule has 1 heterocycles. The van der Waals surface area contributed by atoms with Crippen LogP contribution in [0.3, 0.4) is 0 Å². The molecular formula is C8H14N2O5. The quantitative estimate of drug-likeness (QED) is 0.660. The number of methoxy groups -OCH3 is 2. The SMILES string of the molecule is COC1CN(N=O)CCC1(OC)C(=O)O. The summed E-state index contributed by atoms with van der Waals surface area (Å²) < 4.78 is 10.1. The van der Waals surface area contributed by atoms with Crippen LogP contribution in [-0.2, 0) is 14.3 Å². The smallest absolute Gasteiger partial charge is 0.338 e. The fourth-order valence-corrected chi connectivity index (χ4v) is 1.79. The summed E-state index contributed by atoms with van der Waals surface area (Å²) in [6.07, 6.45) is -0.533. The van der Waals surface area contributed by atoms with Gasteiger partial charge in [-0.2, -0.15) is 0 Å². The molecule has 1 aliphatic heterocycles. The molecule has 1 N–H and O–H groups in total. The minimum atomic E-state index is -1.38. The third-order valence-corrected chi connectivity index (χ3v) is 2.76. The topological polar surface area (TPSA) is 88.4 Å². The Labute approximate surface area is 86.9 Å². The Kier molecular flexibility index (Phi) is 3.59. The highest BCUT2D eigenvalue weighted by atomic mass is 16.6. The maximum absolute atomic E-state index is 11.1. The van der Waals surface area contributed by atoms with Crippen LogP contribution in [0.2, 0.25) is 0 Å². The molecule has 1 fully saturated rings. The van der Waals surface area contributed by atoms with Crippen molar-refractivity contribution in [3.05, 3.63) is 4.91 Å². The molecular weight excluding hydrogens is 204 g/mol.